The van der Waals surface area contributed by atoms with Crippen molar-refractivity contribution in [2.24, 2.45) is 11.8 Å². The van der Waals surface area contributed by atoms with Gasteiger partial charge in [-0.25, -0.2) is 13.2 Å². The summed E-state index contributed by atoms with van der Waals surface area (Å²) < 4.78 is 50.2. The quantitative estimate of drug-likeness (QED) is 0.346. The highest BCUT2D eigenvalue weighted by Gasteiger charge is 2.44. The van der Waals surface area contributed by atoms with Gasteiger partial charge in [0.2, 0.25) is 10.0 Å². The first kappa shape index (κ1) is 30.1. The fourth-order valence-electron chi connectivity index (χ4n) is 4.95. The van der Waals surface area contributed by atoms with Gasteiger partial charge < -0.3 is 34.5 Å². The minimum absolute atomic E-state index is 0.0300. The maximum absolute atomic E-state index is 13.6. The Bertz CT molecular complexity index is 1220. The highest BCUT2D eigenvalue weighted by Crippen LogP contribution is 2.33. The normalized spacial score (nSPS) is 22.2. The van der Waals surface area contributed by atoms with Crippen LogP contribution in [0.1, 0.15) is 25.8 Å². The van der Waals surface area contributed by atoms with Crippen molar-refractivity contribution in [1.29, 1.82) is 0 Å². The van der Waals surface area contributed by atoms with E-state index in [1.165, 1.54) is 35.7 Å². The molecule has 0 spiro atoms. The fraction of sp³-hybridized carbons (Fsp3) is 0.536. The molecule has 12 heteroatoms. The number of hydrogen-bond acceptors (Lipinski definition) is 9. The van der Waals surface area contributed by atoms with Gasteiger partial charge in [0, 0.05) is 13.1 Å². The van der Waals surface area contributed by atoms with Gasteiger partial charge >= 0.3 is 6.09 Å². The summed E-state index contributed by atoms with van der Waals surface area (Å²) in [6.45, 7) is 4.42. The number of alkyl carbamates (subject to hydrolysis) is 1. The van der Waals surface area contributed by atoms with Gasteiger partial charge in [0.05, 0.1) is 43.3 Å². The van der Waals surface area contributed by atoms with Crippen LogP contribution >= 0.6 is 0 Å². The van der Waals surface area contributed by atoms with Crippen molar-refractivity contribution in [1.82, 2.24) is 9.62 Å². The number of methoxy groups -OCH3 is 1. The molecule has 2 aliphatic heterocycles. The lowest BCUT2D eigenvalue weighted by molar-refractivity contribution is -0.0907. The van der Waals surface area contributed by atoms with Crippen LogP contribution < -0.4 is 10.1 Å². The Hall–Kier alpha value is -2.90. The van der Waals surface area contributed by atoms with E-state index in [1.54, 1.807) is 24.3 Å². The minimum atomic E-state index is -3.97. The average Bonchev–Trinajstić information content (AvgIpc) is 3.54. The van der Waals surface area contributed by atoms with Crippen LogP contribution in [0.2, 0.25) is 0 Å². The standard InChI is InChI=1S/C28H38N2O9S/c1-18(2)15-30(40(34,35)22-10-8-21(36-3)9-11-22)16-25(32)24(14-19-4-6-20(31)7-5-19)29-28(33)39-26-17-38-27-23(26)12-13-37-27/h4-11,18,23-27,31-32H,12-17H2,1-3H3,(H,29,33)/t23-,24-,25+,26-,27+/m0/s1. The van der Waals surface area contributed by atoms with Gasteiger partial charge in [0.15, 0.2) is 6.29 Å². The van der Waals surface area contributed by atoms with Crippen molar-refractivity contribution in [3.05, 3.63) is 54.1 Å². The maximum Gasteiger partial charge on any atom is 0.407 e. The third-order valence-electron chi connectivity index (χ3n) is 7.06. The van der Waals surface area contributed by atoms with Crippen LogP contribution in [0.25, 0.3) is 0 Å². The molecular formula is C28H38N2O9S. The van der Waals surface area contributed by atoms with Crippen molar-refractivity contribution >= 4 is 16.1 Å². The van der Waals surface area contributed by atoms with Crippen molar-refractivity contribution in [2.45, 2.75) is 56.1 Å². The van der Waals surface area contributed by atoms with E-state index in [2.05, 4.69) is 5.32 Å². The number of carbonyl (C=O) groups excluding carboxylic acids is 1. The molecule has 40 heavy (non-hydrogen) atoms. The molecule has 0 bridgehead atoms. The predicted octanol–water partition coefficient (Wildman–Crippen LogP) is 2.51. The molecule has 2 fully saturated rings. The first-order valence-corrected chi connectivity index (χ1v) is 14.8. The second-order valence-corrected chi connectivity index (χ2v) is 12.5. The molecule has 0 saturated carbocycles. The van der Waals surface area contributed by atoms with Crippen LogP contribution in [0.15, 0.2) is 53.4 Å². The number of nitrogens with zero attached hydrogens (tertiary/aromatic N) is 1. The molecule has 11 nitrogen and oxygen atoms in total. The van der Waals surface area contributed by atoms with Crippen LogP contribution in [0.5, 0.6) is 11.5 Å². The van der Waals surface area contributed by atoms with E-state index in [4.69, 9.17) is 18.9 Å². The van der Waals surface area contributed by atoms with Crippen molar-refractivity contribution in [3.63, 3.8) is 0 Å². The number of phenols is 1. The molecule has 2 heterocycles. The molecule has 2 aromatic rings. The van der Waals surface area contributed by atoms with Crippen LogP contribution in [-0.2, 0) is 30.7 Å². The van der Waals surface area contributed by atoms with Gasteiger partial charge in [-0.05, 0) is 60.7 Å². The molecule has 0 aromatic heterocycles. The molecule has 0 radical (unpaired) electrons. The summed E-state index contributed by atoms with van der Waals surface area (Å²) in [6.07, 6.45) is -2.00. The highest BCUT2D eigenvalue weighted by molar-refractivity contribution is 7.89. The molecule has 4 rings (SSSR count). The third-order valence-corrected chi connectivity index (χ3v) is 8.91. The van der Waals surface area contributed by atoms with E-state index in [9.17, 15) is 23.4 Å². The van der Waals surface area contributed by atoms with E-state index >= 15 is 0 Å². The molecule has 0 unspecified atom stereocenters. The fourth-order valence-corrected chi connectivity index (χ4v) is 6.57. The number of aromatic hydroxyl groups is 1. The van der Waals surface area contributed by atoms with Crippen molar-refractivity contribution in [2.75, 3.05) is 33.4 Å². The summed E-state index contributed by atoms with van der Waals surface area (Å²) in [4.78, 5) is 13.0. The van der Waals surface area contributed by atoms with Crippen LogP contribution in [0.4, 0.5) is 4.79 Å². The molecule has 0 aliphatic carbocycles. The number of nitrogens with one attached hydrogen (secondary N) is 1. The number of fused-ring (bicyclic) bond motifs is 1. The van der Waals surface area contributed by atoms with Crippen molar-refractivity contribution in [3.8, 4) is 11.5 Å². The Balaban J connectivity index is 1.52. The third kappa shape index (κ3) is 7.43. The Morgan fingerprint density at radius 1 is 1.10 bits per heavy atom. The van der Waals surface area contributed by atoms with Crippen molar-refractivity contribution < 1.29 is 42.4 Å². The smallest absolute Gasteiger partial charge is 0.407 e. The molecule has 1 amide bonds. The van der Waals surface area contributed by atoms with Gasteiger partial charge in [0.25, 0.3) is 0 Å². The number of carbonyl (C=O) groups is 1. The zero-order valence-corrected chi connectivity index (χ0v) is 23.7. The average molecular weight is 579 g/mol. The molecule has 2 aliphatic rings. The van der Waals surface area contributed by atoms with E-state index in [0.717, 1.165) is 12.0 Å². The predicted molar refractivity (Wildman–Crippen MR) is 145 cm³/mol. The minimum Gasteiger partial charge on any atom is -0.508 e. The number of phenolic OH excluding ortho intramolecular Hbond substituents is 1. The zero-order chi connectivity index (χ0) is 28.9. The number of hydrogen-bond donors (Lipinski definition) is 3. The second-order valence-electron chi connectivity index (χ2n) is 10.5. The zero-order valence-electron chi connectivity index (χ0n) is 22.9. The molecule has 3 N–H and O–H groups in total. The molecule has 220 valence electrons. The van der Waals surface area contributed by atoms with E-state index in [1.807, 2.05) is 13.8 Å². The van der Waals surface area contributed by atoms with Gasteiger partial charge in [-0.3, -0.25) is 0 Å². The van der Waals surface area contributed by atoms with Gasteiger partial charge in [-0.15, -0.1) is 0 Å². The van der Waals surface area contributed by atoms with Gasteiger partial charge in [-0.1, -0.05) is 26.0 Å². The molecule has 5 atom stereocenters. The van der Waals surface area contributed by atoms with Crippen LogP contribution in [-0.4, -0.2) is 87.0 Å². The Morgan fingerprint density at radius 3 is 2.45 bits per heavy atom. The lowest BCUT2D eigenvalue weighted by atomic mass is 10.0. The van der Waals surface area contributed by atoms with E-state index in [0.29, 0.717) is 12.4 Å². The molecule has 2 saturated heterocycles. The Kier molecular flexibility index (Phi) is 9.90. The summed E-state index contributed by atoms with van der Waals surface area (Å²) in [7, 11) is -2.48. The summed E-state index contributed by atoms with van der Waals surface area (Å²) in [5.74, 6) is 0.519. The first-order chi connectivity index (χ1) is 19.1. The Morgan fingerprint density at radius 2 is 1.80 bits per heavy atom. The Labute approximate surface area is 235 Å². The van der Waals surface area contributed by atoms with E-state index in [-0.39, 0.29) is 54.9 Å². The number of sulfonamides is 1. The lowest BCUT2D eigenvalue weighted by Gasteiger charge is -2.31. The first-order valence-electron chi connectivity index (χ1n) is 13.4. The largest absolute Gasteiger partial charge is 0.508 e. The number of ether oxygens (including phenoxy) is 4. The topological polar surface area (TPSA) is 144 Å². The van der Waals surface area contributed by atoms with E-state index < -0.39 is 34.4 Å². The number of benzene rings is 2. The lowest BCUT2D eigenvalue weighted by Crippen LogP contribution is -2.51. The van der Waals surface area contributed by atoms with Crippen LogP contribution in [0.3, 0.4) is 0 Å². The highest BCUT2D eigenvalue weighted by atomic mass is 32.2. The molecule has 2 aromatic carbocycles. The van der Waals surface area contributed by atoms with Gasteiger partial charge in [-0.2, -0.15) is 4.31 Å². The summed E-state index contributed by atoms with van der Waals surface area (Å²) >= 11 is 0. The SMILES string of the molecule is COc1ccc(S(=O)(=O)N(CC(C)C)C[C@@H](O)[C@H](Cc2ccc(O)cc2)NC(=O)O[C@H]2CO[C@H]3OCC[C@H]32)cc1. The number of amides is 1. The second kappa shape index (κ2) is 13.2. The molecular weight excluding hydrogens is 540 g/mol. The summed E-state index contributed by atoms with van der Waals surface area (Å²) in [6, 6.07) is 11.5. The number of rotatable bonds is 12. The monoisotopic (exact) mass is 578 g/mol. The summed E-state index contributed by atoms with van der Waals surface area (Å²) in [5.41, 5.74) is 0.726. The maximum atomic E-state index is 13.6. The van der Waals surface area contributed by atoms with Gasteiger partial charge in [0.1, 0.15) is 17.6 Å². The van der Waals surface area contributed by atoms with Crippen LogP contribution in [0, 0.1) is 11.8 Å². The number of aliphatic hydroxyl groups excluding tert-OH is 1. The number of aliphatic hydroxyl groups is 1. The summed E-state index contributed by atoms with van der Waals surface area (Å²) in [5, 5.41) is 23.8.